The summed E-state index contributed by atoms with van der Waals surface area (Å²) in [7, 11) is 1.97. The van der Waals surface area contributed by atoms with Gasteiger partial charge in [0.25, 0.3) is 0 Å². The molecule has 0 aliphatic rings. The molecule has 1 unspecified atom stereocenters. The zero-order chi connectivity index (χ0) is 13.5. The maximum absolute atomic E-state index is 13.2. The van der Waals surface area contributed by atoms with Crippen molar-refractivity contribution in [3.05, 3.63) is 34.1 Å². The summed E-state index contributed by atoms with van der Waals surface area (Å²) >= 11 is 5.43. The van der Waals surface area contributed by atoms with E-state index in [1.54, 1.807) is 12.1 Å². The van der Waals surface area contributed by atoms with Gasteiger partial charge in [-0.3, -0.25) is 0 Å². The average Bonchev–Trinajstić information content (AvgIpc) is 2.32. The Bertz CT molecular complexity index is 371. The second-order valence-electron chi connectivity index (χ2n) is 4.86. The van der Waals surface area contributed by atoms with Crippen LogP contribution in [0.1, 0.15) is 19.4 Å². The Morgan fingerprint density at radius 1 is 1.33 bits per heavy atom. The van der Waals surface area contributed by atoms with Gasteiger partial charge in [-0.1, -0.05) is 29.8 Å². The molecule has 102 valence electrons. The molecule has 0 amide bonds. The number of likely N-dealkylation sites (N-methyl/N-ethyl adjacent to an activating group) is 1. The minimum Gasteiger partial charge on any atom is -0.316 e. The van der Waals surface area contributed by atoms with Crippen LogP contribution in [0.15, 0.2) is 22.7 Å². The lowest BCUT2D eigenvalue weighted by Gasteiger charge is -2.17. The Morgan fingerprint density at radius 2 is 2.06 bits per heavy atom. The Labute approximate surface area is 122 Å². The summed E-state index contributed by atoms with van der Waals surface area (Å²) in [6.07, 6.45) is 0.847. The van der Waals surface area contributed by atoms with E-state index >= 15 is 0 Å². The molecule has 0 bridgehead atoms. The summed E-state index contributed by atoms with van der Waals surface area (Å²) in [5.74, 6) is 2.77. The third-order valence-corrected chi connectivity index (χ3v) is 4.97. The van der Waals surface area contributed by atoms with Gasteiger partial charge < -0.3 is 5.32 Å². The summed E-state index contributed by atoms with van der Waals surface area (Å²) in [5, 5.41) is 3.31. The first-order valence-corrected chi connectivity index (χ1v) is 8.16. The highest BCUT2D eigenvalue weighted by Crippen LogP contribution is 2.20. The van der Waals surface area contributed by atoms with Crippen molar-refractivity contribution in [3.63, 3.8) is 0 Å². The van der Waals surface area contributed by atoms with E-state index in [0.29, 0.717) is 12.0 Å². The van der Waals surface area contributed by atoms with Gasteiger partial charge in [-0.15, -0.1) is 0 Å². The van der Waals surface area contributed by atoms with Gasteiger partial charge in [0.1, 0.15) is 5.82 Å². The van der Waals surface area contributed by atoms with Crippen LogP contribution in [0.5, 0.6) is 0 Å². The van der Waals surface area contributed by atoms with Crippen LogP contribution in [0.3, 0.4) is 0 Å². The molecule has 1 aromatic rings. The molecule has 0 saturated heterocycles. The van der Waals surface area contributed by atoms with Crippen molar-refractivity contribution >= 4 is 27.7 Å². The number of thioether (sulfide) groups is 1. The van der Waals surface area contributed by atoms with Crippen LogP contribution in [-0.4, -0.2) is 24.6 Å². The summed E-state index contributed by atoms with van der Waals surface area (Å²) in [6.45, 7) is 4.45. The van der Waals surface area contributed by atoms with Crippen molar-refractivity contribution in [3.8, 4) is 0 Å². The zero-order valence-corrected chi connectivity index (χ0v) is 13.6. The second-order valence-corrected chi connectivity index (χ2v) is 6.79. The van der Waals surface area contributed by atoms with E-state index < -0.39 is 0 Å². The number of benzene rings is 1. The van der Waals surface area contributed by atoms with E-state index in [1.165, 1.54) is 11.8 Å². The van der Waals surface area contributed by atoms with Crippen LogP contribution in [0.4, 0.5) is 4.39 Å². The molecule has 18 heavy (non-hydrogen) atoms. The first-order valence-electron chi connectivity index (χ1n) is 6.22. The molecule has 0 spiro atoms. The normalized spacial score (nSPS) is 13.0. The Morgan fingerprint density at radius 3 is 2.67 bits per heavy atom. The monoisotopic (exact) mass is 333 g/mol. The maximum Gasteiger partial charge on any atom is 0.123 e. The van der Waals surface area contributed by atoms with Gasteiger partial charge in [0.15, 0.2) is 0 Å². The smallest absolute Gasteiger partial charge is 0.123 e. The molecule has 0 radical (unpaired) electrons. The lowest BCUT2D eigenvalue weighted by Crippen LogP contribution is -2.30. The molecule has 0 aliphatic heterocycles. The van der Waals surface area contributed by atoms with E-state index in [-0.39, 0.29) is 5.82 Å². The van der Waals surface area contributed by atoms with Gasteiger partial charge in [-0.05, 0) is 48.9 Å². The average molecular weight is 334 g/mol. The number of rotatable bonds is 7. The molecular formula is C14H21BrFNS. The molecule has 0 aliphatic carbocycles. The summed E-state index contributed by atoms with van der Waals surface area (Å²) < 4.78 is 14.2. The summed E-state index contributed by atoms with van der Waals surface area (Å²) in [5.41, 5.74) is 1.03. The highest BCUT2D eigenvalue weighted by atomic mass is 79.9. The fourth-order valence-corrected chi connectivity index (χ4v) is 3.24. The Hall–Kier alpha value is -0.0600. The van der Waals surface area contributed by atoms with Crippen LogP contribution in [0, 0.1) is 11.7 Å². The molecule has 1 rings (SSSR count). The van der Waals surface area contributed by atoms with Crippen LogP contribution in [0.2, 0.25) is 0 Å². The quantitative estimate of drug-likeness (QED) is 0.805. The van der Waals surface area contributed by atoms with Crippen molar-refractivity contribution in [2.75, 3.05) is 18.6 Å². The van der Waals surface area contributed by atoms with Crippen molar-refractivity contribution in [1.29, 1.82) is 0 Å². The van der Waals surface area contributed by atoms with Gasteiger partial charge in [0.05, 0.1) is 0 Å². The number of halogens is 2. The van der Waals surface area contributed by atoms with Gasteiger partial charge >= 0.3 is 0 Å². The predicted octanol–water partition coefficient (Wildman–Crippen LogP) is 4.11. The number of hydrogen-bond acceptors (Lipinski definition) is 2. The van der Waals surface area contributed by atoms with E-state index in [4.69, 9.17) is 0 Å². The molecule has 1 aromatic carbocycles. The number of hydrogen-bond donors (Lipinski definition) is 1. The van der Waals surface area contributed by atoms with Crippen LogP contribution >= 0.6 is 27.7 Å². The van der Waals surface area contributed by atoms with Crippen molar-refractivity contribution in [2.45, 2.75) is 26.3 Å². The first kappa shape index (κ1) is 16.0. The summed E-state index contributed by atoms with van der Waals surface area (Å²) in [6, 6.07) is 5.25. The van der Waals surface area contributed by atoms with Crippen LogP contribution in [0.25, 0.3) is 0 Å². The SMILES string of the molecule is CNC(CSCC(C)C)Cc1cc(F)ccc1Br. The predicted molar refractivity (Wildman–Crippen MR) is 82.8 cm³/mol. The molecular weight excluding hydrogens is 313 g/mol. The van der Waals surface area contributed by atoms with Crippen LogP contribution in [-0.2, 0) is 6.42 Å². The van der Waals surface area contributed by atoms with Gasteiger partial charge in [-0.25, -0.2) is 4.39 Å². The molecule has 1 N–H and O–H groups in total. The lowest BCUT2D eigenvalue weighted by atomic mass is 10.1. The minimum absolute atomic E-state index is 0.169. The van der Waals surface area contributed by atoms with E-state index in [2.05, 4.69) is 35.1 Å². The Kier molecular flexibility index (Phi) is 7.27. The van der Waals surface area contributed by atoms with E-state index in [1.807, 2.05) is 18.8 Å². The minimum atomic E-state index is -0.169. The highest BCUT2D eigenvalue weighted by molar-refractivity contribution is 9.10. The third kappa shape index (κ3) is 5.72. The Balaban J connectivity index is 2.54. The third-order valence-electron chi connectivity index (χ3n) is 2.65. The molecule has 0 aromatic heterocycles. The lowest BCUT2D eigenvalue weighted by molar-refractivity contribution is 0.600. The van der Waals surface area contributed by atoms with Crippen molar-refractivity contribution in [1.82, 2.24) is 5.32 Å². The first-order chi connectivity index (χ1) is 8.52. The van der Waals surface area contributed by atoms with Crippen molar-refractivity contribution in [2.24, 2.45) is 5.92 Å². The zero-order valence-electron chi connectivity index (χ0n) is 11.2. The van der Waals surface area contributed by atoms with Gasteiger partial charge in [-0.2, -0.15) is 11.8 Å². The molecule has 0 saturated carbocycles. The molecule has 1 atom stereocenters. The largest absolute Gasteiger partial charge is 0.316 e. The number of nitrogens with one attached hydrogen (secondary N) is 1. The van der Waals surface area contributed by atoms with E-state index in [9.17, 15) is 4.39 Å². The standard InChI is InChI=1S/C14H21BrFNS/c1-10(2)8-18-9-13(17-3)7-11-6-12(16)4-5-14(11)15/h4-6,10,13,17H,7-9H2,1-3H3. The van der Waals surface area contributed by atoms with E-state index in [0.717, 1.165) is 22.2 Å². The van der Waals surface area contributed by atoms with Crippen LogP contribution < -0.4 is 5.32 Å². The molecule has 0 heterocycles. The fraction of sp³-hybridized carbons (Fsp3) is 0.571. The van der Waals surface area contributed by atoms with Gasteiger partial charge in [0.2, 0.25) is 0 Å². The molecule has 0 fully saturated rings. The highest BCUT2D eigenvalue weighted by Gasteiger charge is 2.11. The molecule has 4 heteroatoms. The molecule has 1 nitrogen and oxygen atoms in total. The fourth-order valence-electron chi connectivity index (χ4n) is 1.66. The van der Waals surface area contributed by atoms with Crippen molar-refractivity contribution < 1.29 is 4.39 Å². The topological polar surface area (TPSA) is 12.0 Å². The summed E-state index contributed by atoms with van der Waals surface area (Å²) in [4.78, 5) is 0. The second kappa shape index (κ2) is 8.18. The maximum atomic E-state index is 13.2. The van der Waals surface area contributed by atoms with Gasteiger partial charge in [0, 0.05) is 16.3 Å².